The molecule has 2 aromatic heterocycles. The molecule has 1 amide bonds. The first-order valence-corrected chi connectivity index (χ1v) is 14.4. The van der Waals surface area contributed by atoms with Gasteiger partial charge in [-0.3, -0.25) is 4.40 Å². The monoisotopic (exact) mass is 556 g/mol. The van der Waals surface area contributed by atoms with Gasteiger partial charge in [0.2, 0.25) is 0 Å². The Hall–Kier alpha value is -4.19. The summed E-state index contributed by atoms with van der Waals surface area (Å²) < 4.78 is 22.6. The van der Waals surface area contributed by atoms with E-state index in [1.165, 1.54) is 6.07 Å². The summed E-state index contributed by atoms with van der Waals surface area (Å²) in [6.07, 6.45) is 3.85. The predicted octanol–water partition coefficient (Wildman–Crippen LogP) is 6.63. The van der Waals surface area contributed by atoms with Crippen molar-refractivity contribution in [2.75, 3.05) is 11.4 Å². The van der Waals surface area contributed by atoms with Crippen LogP contribution < -0.4 is 10.2 Å². The molecule has 2 aliphatic rings. The van der Waals surface area contributed by atoms with Crippen molar-refractivity contribution in [3.05, 3.63) is 59.2 Å². The Labute approximate surface area is 240 Å². The number of carbonyl (C=O) groups is 1. The van der Waals surface area contributed by atoms with E-state index >= 15 is 4.39 Å². The molecule has 1 aliphatic heterocycles. The highest BCUT2D eigenvalue weighted by molar-refractivity contribution is 5.94. The van der Waals surface area contributed by atoms with E-state index in [1.54, 1.807) is 10.5 Å². The number of ether oxygens (including phenoxy) is 1. The van der Waals surface area contributed by atoms with Crippen LogP contribution in [-0.2, 0) is 11.2 Å². The Kier molecular flexibility index (Phi) is 7.60. The van der Waals surface area contributed by atoms with Gasteiger partial charge in [-0.1, -0.05) is 37.8 Å². The molecule has 0 unspecified atom stereocenters. The summed E-state index contributed by atoms with van der Waals surface area (Å²) in [5.74, 6) is 7.96. The second-order valence-corrected chi connectivity index (χ2v) is 11.3. The quantitative estimate of drug-likeness (QED) is 0.279. The van der Waals surface area contributed by atoms with Crippen LogP contribution in [0.4, 0.5) is 20.7 Å². The van der Waals surface area contributed by atoms with Crippen molar-refractivity contribution in [1.29, 1.82) is 0 Å². The Balaban J connectivity index is 0.00000165. The summed E-state index contributed by atoms with van der Waals surface area (Å²) in [6, 6.07) is 11.1. The van der Waals surface area contributed by atoms with Crippen molar-refractivity contribution in [2.45, 2.75) is 84.8 Å². The van der Waals surface area contributed by atoms with Gasteiger partial charge in [0.1, 0.15) is 28.6 Å². The first-order valence-electron chi connectivity index (χ1n) is 14.4. The minimum Gasteiger partial charge on any atom is -0.444 e. The number of hydrogen-bond acceptors (Lipinski definition) is 6. The summed E-state index contributed by atoms with van der Waals surface area (Å²) in [4.78, 5) is 19.3. The van der Waals surface area contributed by atoms with Gasteiger partial charge in [0.25, 0.3) is 5.78 Å². The standard InChI is InChI=1S/C30H31FN6O2.C2H6/c1-19-34-35-27-32-26(25-22(31)11-8-13-24(25)37(19)27)36-18-6-5-10-21-20(9-7-12-23(21)36)14-15-30(16-17-30)33-28(38)39-29(2,3)4;1-2/h7-9,11-13H,5-6,10,16-18H2,1-4H3,(H,33,38);1-2H3. The van der Waals surface area contributed by atoms with Crippen LogP contribution in [0.25, 0.3) is 16.7 Å². The fourth-order valence-corrected chi connectivity index (χ4v) is 5.18. The SMILES string of the molecule is CC.Cc1nnc2nc(N3CCCCc4c(C#CC5(NC(=O)OC(C)(C)C)CC5)cccc43)c3c(F)cccc3n12. The van der Waals surface area contributed by atoms with E-state index in [4.69, 9.17) is 9.72 Å². The highest BCUT2D eigenvalue weighted by atomic mass is 19.1. The molecular formula is C32H37FN6O2. The molecule has 41 heavy (non-hydrogen) atoms. The molecule has 6 rings (SSSR count). The van der Waals surface area contributed by atoms with Crippen LogP contribution in [0.15, 0.2) is 36.4 Å². The lowest BCUT2D eigenvalue weighted by Crippen LogP contribution is -2.39. The fourth-order valence-electron chi connectivity index (χ4n) is 5.18. The Morgan fingerprint density at radius 3 is 2.59 bits per heavy atom. The average molecular weight is 557 g/mol. The van der Waals surface area contributed by atoms with E-state index in [-0.39, 0.29) is 5.82 Å². The molecule has 0 spiro atoms. The normalized spacial score (nSPS) is 15.6. The van der Waals surface area contributed by atoms with Crippen LogP contribution in [0.3, 0.4) is 0 Å². The molecule has 2 aromatic carbocycles. The predicted molar refractivity (Wildman–Crippen MR) is 159 cm³/mol. The molecule has 0 saturated heterocycles. The zero-order chi connectivity index (χ0) is 29.4. The molecule has 4 aromatic rings. The van der Waals surface area contributed by atoms with Crippen molar-refractivity contribution in [3.8, 4) is 11.8 Å². The smallest absolute Gasteiger partial charge is 0.408 e. The molecule has 8 nitrogen and oxygen atoms in total. The lowest BCUT2D eigenvalue weighted by molar-refractivity contribution is 0.0511. The number of benzene rings is 2. The summed E-state index contributed by atoms with van der Waals surface area (Å²) in [6.45, 7) is 12.0. The second kappa shape index (κ2) is 11.0. The Bertz CT molecular complexity index is 1670. The number of rotatable bonds is 2. The highest BCUT2D eigenvalue weighted by Gasteiger charge is 2.43. The van der Waals surface area contributed by atoms with E-state index in [9.17, 15) is 4.79 Å². The van der Waals surface area contributed by atoms with Crippen molar-refractivity contribution in [3.63, 3.8) is 0 Å². The van der Waals surface area contributed by atoms with Crippen molar-refractivity contribution in [1.82, 2.24) is 24.9 Å². The van der Waals surface area contributed by atoms with Crippen LogP contribution in [-0.4, -0.2) is 43.4 Å². The van der Waals surface area contributed by atoms with Gasteiger partial charge in [0, 0.05) is 17.8 Å². The van der Waals surface area contributed by atoms with Gasteiger partial charge in [-0.15, -0.1) is 10.2 Å². The maximum atomic E-state index is 15.4. The number of carbonyl (C=O) groups excluding carboxylic acids is 1. The number of hydrogen-bond donors (Lipinski definition) is 1. The van der Waals surface area contributed by atoms with Crippen LogP contribution in [0, 0.1) is 24.6 Å². The Morgan fingerprint density at radius 2 is 1.85 bits per heavy atom. The molecule has 3 heterocycles. The molecule has 1 aliphatic carbocycles. The third-order valence-corrected chi connectivity index (χ3v) is 7.15. The van der Waals surface area contributed by atoms with Crippen molar-refractivity contribution in [2.24, 2.45) is 0 Å². The fraction of sp³-hybridized carbons (Fsp3) is 0.438. The molecule has 0 bridgehead atoms. The van der Waals surface area contributed by atoms with Gasteiger partial charge >= 0.3 is 6.09 Å². The third kappa shape index (κ3) is 5.69. The molecule has 0 radical (unpaired) electrons. The van der Waals surface area contributed by atoms with Crippen LogP contribution in [0.2, 0.25) is 0 Å². The summed E-state index contributed by atoms with van der Waals surface area (Å²) in [7, 11) is 0. The van der Waals surface area contributed by atoms with Gasteiger partial charge in [-0.05, 0) is 89.6 Å². The van der Waals surface area contributed by atoms with Crippen molar-refractivity contribution >= 4 is 34.3 Å². The van der Waals surface area contributed by atoms with Gasteiger partial charge in [-0.25, -0.2) is 9.18 Å². The van der Waals surface area contributed by atoms with E-state index in [2.05, 4.69) is 32.3 Å². The van der Waals surface area contributed by atoms with Gasteiger partial charge < -0.3 is 15.0 Å². The third-order valence-electron chi connectivity index (χ3n) is 7.15. The van der Waals surface area contributed by atoms with Crippen LogP contribution >= 0.6 is 0 Å². The number of nitrogens with zero attached hydrogens (tertiary/aromatic N) is 5. The van der Waals surface area contributed by atoms with E-state index in [1.807, 2.05) is 65.8 Å². The van der Waals surface area contributed by atoms with E-state index in [0.29, 0.717) is 34.9 Å². The van der Waals surface area contributed by atoms with E-state index < -0.39 is 17.2 Å². The maximum Gasteiger partial charge on any atom is 0.408 e. The second-order valence-electron chi connectivity index (χ2n) is 11.3. The number of fused-ring (bicyclic) bond motifs is 4. The zero-order valence-corrected chi connectivity index (χ0v) is 24.6. The minimum atomic E-state index is -0.570. The summed E-state index contributed by atoms with van der Waals surface area (Å²) >= 11 is 0. The number of alkyl carbamates (subject to hydrolysis) is 1. The molecule has 0 atom stereocenters. The Morgan fingerprint density at radius 1 is 1.10 bits per heavy atom. The number of halogens is 1. The largest absolute Gasteiger partial charge is 0.444 e. The molecule has 1 saturated carbocycles. The van der Waals surface area contributed by atoms with Gasteiger partial charge in [-0.2, -0.15) is 4.98 Å². The number of aromatic nitrogens is 4. The lowest BCUT2D eigenvalue weighted by atomic mass is 10.0. The first-order chi connectivity index (χ1) is 19.6. The molecule has 1 N–H and O–H groups in total. The lowest BCUT2D eigenvalue weighted by Gasteiger charge is -2.26. The number of anilines is 2. The zero-order valence-electron chi connectivity index (χ0n) is 24.6. The van der Waals surface area contributed by atoms with Gasteiger partial charge in [0.05, 0.1) is 10.9 Å². The number of nitrogens with one attached hydrogen (secondary N) is 1. The van der Waals surface area contributed by atoms with Gasteiger partial charge in [0.15, 0.2) is 0 Å². The van der Waals surface area contributed by atoms with Crippen molar-refractivity contribution < 1.29 is 13.9 Å². The number of aryl methyl sites for hydroxylation is 1. The minimum absolute atomic E-state index is 0.337. The maximum absolute atomic E-state index is 15.4. The first kappa shape index (κ1) is 28.3. The molecule has 9 heteroatoms. The molecule has 214 valence electrons. The van der Waals surface area contributed by atoms with Crippen LogP contribution in [0.5, 0.6) is 0 Å². The highest BCUT2D eigenvalue weighted by Crippen LogP contribution is 2.39. The topological polar surface area (TPSA) is 84.7 Å². The molecular weight excluding hydrogens is 519 g/mol. The summed E-state index contributed by atoms with van der Waals surface area (Å²) in [5, 5.41) is 11.8. The average Bonchev–Trinajstić information content (AvgIpc) is 3.64. The number of amides is 1. The molecule has 1 fully saturated rings. The summed E-state index contributed by atoms with van der Waals surface area (Å²) in [5.41, 5.74) is 2.51. The van der Waals surface area contributed by atoms with E-state index in [0.717, 1.165) is 48.9 Å². The van der Waals surface area contributed by atoms with Crippen LogP contribution in [0.1, 0.15) is 77.3 Å².